The first-order valence-electron chi connectivity index (χ1n) is 9.53. The lowest BCUT2D eigenvalue weighted by Gasteiger charge is -2.28. The van der Waals surface area contributed by atoms with Crippen LogP contribution in [-0.4, -0.2) is 33.6 Å². The van der Waals surface area contributed by atoms with Crippen LogP contribution in [0.4, 0.5) is 17.6 Å². The van der Waals surface area contributed by atoms with Gasteiger partial charge in [-0.15, -0.1) is 0 Å². The van der Waals surface area contributed by atoms with E-state index in [-0.39, 0.29) is 28.9 Å². The molecule has 0 spiro atoms. The van der Waals surface area contributed by atoms with Crippen molar-refractivity contribution in [1.82, 2.24) is 9.78 Å². The summed E-state index contributed by atoms with van der Waals surface area (Å²) in [5.41, 5.74) is -3.64. The molecule has 1 aromatic heterocycles. The first kappa shape index (κ1) is 21.0. The molecule has 3 aromatic rings. The lowest BCUT2D eigenvalue weighted by molar-refractivity contribution is -0.246. The lowest BCUT2D eigenvalue weighted by atomic mass is 9.89. The van der Waals surface area contributed by atoms with Crippen molar-refractivity contribution in [1.29, 1.82) is 0 Å². The van der Waals surface area contributed by atoms with Gasteiger partial charge < -0.3 is 9.84 Å². The van der Waals surface area contributed by atoms with Crippen molar-refractivity contribution in [3.05, 3.63) is 65.7 Å². The van der Waals surface area contributed by atoms with E-state index in [1.54, 1.807) is 19.9 Å². The second-order valence-corrected chi connectivity index (χ2v) is 7.27. The number of carbonyl (C=O) groups excluding carboxylic acids is 1. The highest BCUT2D eigenvalue weighted by molar-refractivity contribution is 5.92. The van der Waals surface area contributed by atoms with Crippen LogP contribution < -0.4 is 0 Å². The van der Waals surface area contributed by atoms with E-state index >= 15 is 0 Å². The van der Waals surface area contributed by atoms with Crippen LogP contribution in [0.15, 0.2) is 48.8 Å². The van der Waals surface area contributed by atoms with Crippen LogP contribution in [0.5, 0.6) is 0 Å². The number of aromatic nitrogens is 2. The number of nitrogens with zero attached hydrogens (tertiary/aromatic N) is 2. The molecule has 162 valence electrons. The number of hydrogen-bond donors (Lipinski definition) is 1. The first-order valence-corrected chi connectivity index (χ1v) is 9.53. The van der Waals surface area contributed by atoms with Gasteiger partial charge in [-0.2, -0.15) is 18.3 Å². The van der Waals surface area contributed by atoms with E-state index < -0.39 is 35.2 Å². The Hall–Kier alpha value is -3.20. The number of alkyl halides is 3. The largest absolute Gasteiger partial charge is 0.464 e. The molecule has 0 saturated carbocycles. The number of ether oxygens (including phenoxy) is 1. The van der Waals surface area contributed by atoms with Crippen molar-refractivity contribution in [2.24, 2.45) is 0 Å². The molecule has 0 amide bonds. The zero-order valence-electron chi connectivity index (χ0n) is 16.6. The second kappa shape index (κ2) is 7.19. The predicted octanol–water partition coefficient (Wildman–Crippen LogP) is 4.59. The number of aliphatic hydroxyl groups is 1. The molecule has 0 fully saturated rings. The summed E-state index contributed by atoms with van der Waals surface area (Å²) in [5, 5.41) is 14.9. The molecule has 1 aliphatic carbocycles. The third-order valence-corrected chi connectivity index (χ3v) is 5.43. The zero-order valence-corrected chi connectivity index (χ0v) is 16.6. The van der Waals surface area contributed by atoms with Crippen LogP contribution in [0.1, 0.15) is 31.0 Å². The highest BCUT2D eigenvalue weighted by Gasteiger charge is 2.61. The molecule has 0 aliphatic heterocycles. The highest BCUT2D eigenvalue weighted by atomic mass is 19.4. The minimum Gasteiger partial charge on any atom is -0.464 e. The van der Waals surface area contributed by atoms with Crippen LogP contribution in [0.2, 0.25) is 0 Å². The summed E-state index contributed by atoms with van der Waals surface area (Å²) in [5.74, 6) is -1.46. The maximum atomic E-state index is 14.5. The Balaban J connectivity index is 1.92. The number of fused-ring (bicyclic) bond motifs is 3. The van der Waals surface area contributed by atoms with E-state index in [0.29, 0.717) is 11.6 Å². The molecule has 0 bridgehead atoms. The summed E-state index contributed by atoms with van der Waals surface area (Å²) in [4.78, 5) is 12.0. The SMILES string of the molecule is CCOC(=O)C(C)n1cc(-c2cc(F)cc3c2-c2ccccc2C3(O)C(F)(F)F)cn1. The molecule has 2 atom stereocenters. The number of halogens is 4. The normalized spacial score (nSPS) is 18.4. The van der Waals surface area contributed by atoms with E-state index in [0.717, 1.165) is 6.07 Å². The van der Waals surface area contributed by atoms with Gasteiger partial charge in [0.15, 0.2) is 0 Å². The number of rotatable bonds is 4. The van der Waals surface area contributed by atoms with E-state index in [1.165, 1.54) is 35.3 Å². The fourth-order valence-corrected chi connectivity index (χ4v) is 3.94. The van der Waals surface area contributed by atoms with Crippen molar-refractivity contribution >= 4 is 5.97 Å². The minimum atomic E-state index is -5.07. The number of carbonyl (C=O) groups is 1. The molecule has 5 nitrogen and oxygen atoms in total. The molecule has 2 aromatic carbocycles. The maximum absolute atomic E-state index is 14.5. The third-order valence-electron chi connectivity index (χ3n) is 5.43. The molecule has 4 rings (SSSR count). The highest BCUT2D eigenvalue weighted by Crippen LogP contribution is 2.57. The standard InChI is InChI=1S/C22H18F4N2O3/c1-3-31-20(29)12(2)28-11-13(10-27-28)16-8-14(23)9-18-19(16)15-6-4-5-7-17(15)21(18,30)22(24,25)26/h4-12,30H,3H2,1-2H3. The van der Waals surface area contributed by atoms with Gasteiger partial charge in [-0.3, -0.25) is 4.68 Å². The third kappa shape index (κ3) is 3.11. The van der Waals surface area contributed by atoms with Gasteiger partial charge in [-0.1, -0.05) is 24.3 Å². The van der Waals surface area contributed by atoms with Crippen molar-refractivity contribution in [2.75, 3.05) is 6.61 Å². The van der Waals surface area contributed by atoms with Gasteiger partial charge in [0.25, 0.3) is 0 Å². The molecule has 1 N–H and O–H groups in total. The smallest absolute Gasteiger partial charge is 0.425 e. The van der Waals surface area contributed by atoms with Crippen molar-refractivity contribution in [3.63, 3.8) is 0 Å². The van der Waals surface area contributed by atoms with Crippen molar-refractivity contribution in [3.8, 4) is 22.3 Å². The molecular formula is C22H18F4N2O3. The van der Waals surface area contributed by atoms with E-state index in [2.05, 4.69) is 5.10 Å². The Morgan fingerprint density at radius 2 is 1.94 bits per heavy atom. The summed E-state index contributed by atoms with van der Waals surface area (Å²) in [7, 11) is 0. The van der Waals surface area contributed by atoms with Gasteiger partial charge in [-0.25, -0.2) is 9.18 Å². The fraction of sp³-hybridized carbons (Fsp3) is 0.273. The zero-order chi connectivity index (χ0) is 22.6. The topological polar surface area (TPSA) is 64.3 Å². The van der Waals surface area contributed by atoms with Gasteiger partial charge in [0, 0.05) is 22.9 Å². The first-order chi connectivity index (χ1) is 14.6. The Morgan fingerprint density at radius 1 is 1.23 bits per heavy atom. The Bertz CT molecular complexity index is 1170. The summed E-state index contributed by atoms with van der Waals surface area (Å²) < 4.78 is 62.7. The second-order valence-electron chi connectivity index (χ2n) is 7.27. The van der Waals surface area contributed by atoms with E-state index in [9.17, 15) is 27.5 Å². The molecule has 0 saturated heterocycles. The Kier molecular flexibility index (Phi) is 4.88. The Morgan fingerprint density at radius 3 is 2.61 bits per heavy atom. The van der Waals surface area contributed by atoms with Crippen LogP contribution in [-0.2, 0) is 15.1 Å². The predicted molar refractivity (Wildman–Crippen MR) is 103 cm³/mol. The average Bonchev–Trinajstić information content (AvgIpc) is 3.30. The van der Waals surface area contributed by atoms with Crippen LogP contribution >= 0.6 is 0 Å². The molecule has 9 heteroatoms. The summed E-state index contributed by atoms with van der Waals surface area (Å²) in [6, 6.07) is 6.57. The van der Waals surface area contributed by atoms with Crippen molar-refractivity contribution < 1.29 is 32.2 Å². The van der Waals surface area contributed by atoms with Crippen molar-refractivity contribution in [2.45, 2.75) is 31.7 Å². The minimum absolute atomic E-state index is 0.0696. The van der Waals surface area contributed by atoms with Crippen LogP contribution in [0.3, 0.4) is 0 Å². The number of benzene rings is 2. The summed E-state index contributed by atoms with van der Waals surface area (Å²) >= 11 is 0. The molecule has 2 unspecified atom stereocenters. The van der Waals surface area contributed by atoms with E-state index in [1.807, 2.05) is 0 Å². The van der Waals surface area contributed by atoms with Gasteiger partial charge in [0.05, 0.1) is 12.8 Å². The monoisotopic (exact) mass is 434 g/mol. The quantitative estimate of drug-likeness (QED) is 0.482. The molecular weight excluding hydrogens is 416 g/mol. The maximum Gasteiger partial charge on any atom is 0.425 e. The van der Waals surface area contributed by atoms with Gasteiger partial charge in [0.1, 0.15) is 11.9 Å². The van der Waals surface area contributed by atoms with Gasteiger partial charge in [-0.05, 0) is 42.7 Å². The van der Waals surface area contributed by atoms with Gasteiger partial charge in [0.2, 0.25) is 5.60 Å². The Labute approximate surface area is 174 Å². The molecule has 0 radical (unpaired) electrons. The van der Waals surface area contributed by atoms with Crippen LogP contribution in [0.25, 0.3) is 22.3 Å². The average molecular weight is 434 g/mol. The summed E-state index contributed by atoms with van der Waals surface area (Å²) in [6.07, 6.45) is -2.30. The molecule has 31 heavy (non-hydrogen) atoms. The summed E-state index contributed by atoms with van der Waals surface area (Å²) in [6.45, 7) is 3.40. The van der Waals surface area contributed by atoms with E-state index in [4.69, 9.17) is 4.74 Å². The fourth-order valence-electron chi connectivity index (χ4n) is 3.94. The number of esters is 1. The molecule has 1 heterocycles. The van der Waals surface area contributed by atoms with Crippen LogP contribution in [0, 0.1) is 5.82 Å². The van der Waals surface area contributed by atoms with Gasteiger partial charge >= 0.3 is 12.1 Å². The number of hydrogen-bond acceptors (Lipinski definition) is 4. The molecule has 1 aliphatic rings. The lowest BCUT2D eigenvalue weighted by Crippen LogP contribution is -2.41.